The van der Waals surface area contributed by atoms with Gasteiger partial charge in [-0.3, -0.25) is 9.89 Å². The van der Waals surface area contributed by atoms with Gasteiger partial charge in [0.2, 0.25) is 17.3 Å². The second kappa shape index (κ2) is 6.15. The van der Waals surface area contributed by atoms with E-state index in [9.17, 15) is 4.79 Å². The highest BCUT2D eigenvalue weighted by atomic mass is 16.5. The molecule has 8 nitrogen and oxygen atoms in total. The molecule has 0 fully saturated rings. The fraction of sp³-hybridized carbons (Fsp3) is 0.250. The lowest BCUT2D eigenvalue weighted by molar-refractivity contribution is 0.103. The molecule has 0 spiro atoms. The number of nitrogens with zero attached hydrogens (tertiary/aromatic N) is 3. The van der Waals surface area contributed by atoms with E-state index in [0.29, 0.717) is 34.1 Å². The van der Waals surface area contributed by atoms with E-state index in [4.69, 9.17) is 14.2 Å². The van der Waals surface area contributed by atoms with Crippen LogP contribution in [0.15, 0.2) is 18.3 Å². The number of benzene rings is 1. The molecule has 0 aliphatic carbocycles. The Morgan fingerprint density at radius 2 is 1.75 bits per heavy atom. The standard InChI is InChI=1S/C16H16N4O4/c1-8-10(22-2)5-9(6-11(8)23-3)15(21)13-14-16(20-19-13)18-12(24-4)7-17-14/h5-7H,1-4H3,(H,18,19,20). The monoisotopic (exact) mass is 328 g/mol. The van der Waals surface area contributed by atoms with Gasteiger partial charge in [-0.25, -0.2) is 4.98 Å². The van der Waals surface area contributed by atoms with Gasteiger partial charge in [0, 0.05) is 11.1 Å². The van der Waals surface area contributed by atoms with Crippen LogP contribution in [0.1, 0.15) is 21.6 Å². The average molecular weight is 328 g/mol. The third-order valence-corrected chi connectivity index (χ3v) is 3.69. The predicted octanol–water partition coefficient (Wildman–Crippen LogP) is 1.92. The van der Waals surface area contributed by atoms with Crippen molar-refractivity contribution in [2.75, 3.05) is 21.3 Å². The molecule has 8 heteroatoms. The normalized spacial score (nSPS) is 10.7. The number of ketones is 1. The lowest BCUT2D eigenvalue weighted by Crippen LogP contribution is -2.05. The molecule has 0 unspecified atom stereocenters. The number of hydrogen-bond donors (Lipinski definition) is 1. The summed E-state index contributed by atoms with van der Waals surface area (Å²) in [6.07, 6.45) is 1.44. The Morgan fingerprint density at radius 1 is 1.08 bits per heavy atom. The molecule has 124 valence electrons. The van der Waals surface area contributed by atoms with Crippen molar-refractivity contribution in [2.24, 2.45) is 0 Å². The Kier molecular flexibility index (Phi) is 4.03. The lowest BCUT2D eigenvalue weighted by atomic mass is 10.0. The van der Waals surface area contributed by atoms with E-state index in [1.807, 2.05) is 6.92 Å². The summed E-state index contributed by atoms with van der Waals surface area (Å²) in [5.74, 6) is 1.17. The number of H-pyrrole nitrogens is 1. The van der Waals surface area contributed by atoms with E-state index < -0.39 is 0 Å². The smallest absolute Gasteiger partial charge is 0.234 e. The minimum absolute atomic E-state index is 0.244. The number of methoxy groups -OCH3 is 3. The molecule has 0 bridgehead atoms. The van der Waals surface area contributed by atoms with Crippen LogP contribution < -0.4 is 14.2 Å². The van der Waals surface area contributed by atoms with Crippen LogP contribution in [0.2, 0.25) is 0 Å². The highest BCUT2D eigenvalue weighted by Gasteiger charge is 2.20. The molecule has 2 aromatic heterocycles. The summed E-state index contributed by atoms with van der Waals surface area (Å²) in [6.45, 7) is 1.86. The van der Waals surface area contributed by atoms with Crippen molar-refractivity contribution in [3.05, 3.63) is 35.2 Å². The van der Waals surface area contributed by atoms with Crippen molar-refractivity contribution in [3.8, 4) is 17.4 Å². The van der Waals surface area contributed by atoms with E-state index >= 15 is 0 Å². The maximum atomic E-state index is 12.8. The third kappa shape index (κ3) is 2.51. The maximum Gasteiger partial charge on any atom is 0.234 e. The van der Waals surface area contributed by atoms with Gasteiger partial charge in [0.15, 0.2) is 0 Å². The van der Waals surface area contributed by atoms with Gasteiger partial charge >= 0.3 is 0 Å². The van der Waals surface area contributed by atoms with Crippen molar-refractivity contribution in [1.82, 2.24) is 20.2 Å². The van der Waals surface area contributed by atoms with E-state index in [0.717, 1.165) is 5.56 Å². The van der Waals surface area contributed by atoms with Gasteiger partial charge in [-0.2, -0.15) is 10.1 Å². The Morgan fingerprint density at radius 3 is 2.33 bits per heavy atom. The molecule has 0 aliphatic rings. The van der Waals surface area contributed by atoms with Gasteiger partial charge < -0.3 is 14.2 Å². The summed E-state index contributed by atoms with van der Waals surface area (Å²) in [5, 5.41) is 6.71. The summed E-state index contributed by atoms with van der Waals surface area (Å²) >= 11 is 0. The van der Waals surface area contributed by atoms with Crippen LogP contribution in [0.5, 0.6) is 17.4 Å². The zero-order valence-corrected chi connectivity index (χ0v) is 13.7. The van der Waals surface area contributed by atoms with E-state index in [1.165, 1.54) is 13.3 Å². The molecule has 1 N–H and O–H groups in total. The van der Waals surface area contributed by atoms with Crippen LogP contribution in [0.3, 0.4) is 0 Å². The van der Waals surface area contributed by atoms with Gasteiger partial charge in [-0.15, -0.1) is 0 Å². The summed E-state index contributed by atoms with van der Waals surface area (Å²) in [7, 11) is 4.57. The molecule has 0 atom stereocenters. The summed E-state index contributed by atoms with van der Waals surface area (Å²) in [6, 6.07) is 3.31. The average Bonchev–Trinajstić information content (AvgIpc) is 3.04. The van der Waals surface area contributed by atoms with E-state index in [2.05, 4.69) is 20.2 Å². The minimum Gasteiger partial charge on any atom is -0.496 e. The molecule has 1 aromatic carbocycles. The fourth-order valence-electron chi connectivity index (χ4n) is 2.40. The first kappa shape index (κ1) is 15.7. The largest absolute Gasteiger partial charge is 0.496 e. The zero-order chi connectivity index (χ0) is 17.3. The van der Waals surface area contributed by atoms with Gasteiger partial charge in [0.05, 0.1) is 27.5 Å². The fourth-order valence-corrected chi connectivity index (χ4v) is 2.40. The Labute approximate surface area is 137 Å². The van der Waals surface area contributed by atoms with Crippen molar-refractivity contribution in [2.45, 2.75) is 6.92 Å². The number of aromatic nitrogens is 4. The summed E-state index contributed by atoms with van der Waals surface area (Å²) < 4.78 is 15.6. The molecule has 0 saturated carbocycles. The maximum absolute atomic E-state index is 12.8. The van der Waals surface area contributed by atoms with Crippen LogP contribution in [-0.2, 0) is 0 Å². The number of ether oxygens (including phenoxy) is 3. The van der Waals surface area contributed by atoms with Crippen molar-refractivity contribution in [1.29, 1.82) is 0 Å². The molecule has 0 aliphatic heterocycles. The van der Waals surface area contributed by atoms with Crippen LogP contribution >= 0.6 is 0 Å². The van der Waals surface area contributed by atoms with Gasteiger partial charge in [0.25, 0.3) is 0 Å². The number of nitrogens with one attached hydrogen (secondary N) is 1. The molecule has 3 rings (SSSR count). The lowest BCUT2D eigenvalue weighted by Gasteiger charge is -2.11. The van der Waals surface area contributed by atoms with Gasteiger partial charge in [-0.05, 0) is 19.1 Å². The first-order valence-corrected chi connectivity index (χ1v) is 7.11. The molecule has 0 amide bonds. The predicted molar refractivity (Wildman–Crippen MR) is 86.0 cm³/mol. The highest BCUT2D eigenvalue weighted by Crippen LogP contribution is 2.30. The number of rotatable bonds is 5. The second-order valence-electron chi connectivity index (χ2n) is 5.02. The van der Waals surface area contributed by atoms with E-state index in [-0.39, 0.29) is 11.5 Å². The Balaban J connectivity index is 2.09. The van der Waals surface area contributed by atoms with Crippen molar-refractivity contribution >= 4 is 16.9 Å². The molecule has 0 radical (unpaired) electrons. The molecule has 0 saturated heterocycles. The van der Waals surface area contributed by atoms with Gasteiger partial charge in [-0.1, -0.05) is 0 Å². The zero-order valence-electron chi connectivity index (χ0n) is 13.7. The highest BCUT2D eigenvalue weighted by molar-refractivity contribution is 6.13. The molecular weight excluding hydrogens is 312 g/mol. The van der Waals surface area contributed by atoms with Gasteiger partial charge in [0.1, 0.15) is 22.7 Å². The molecule has 3 aromatic rings. The summed E-state index contributed by atoms with van der Waals surface area (Å²) in [5.41, 5.74) is 2.14. The number of aromatic amines is 1. The third-order valence-electron chi connectivity index (χ3n) is 3.69. The van der Waals surface area contributed by atoms with Crippen molar-refractivity contribution in [3.63, 3.8) is 0 Å². The summed E-state index contributed by atoms with van der Waals surface area (Å²) in [4.78, 5) is 21.2. The number of fused-ring (bicyclic) bond motifs is 1. The van der Waals surface area contributed by atoms with Crippen LogP contribution in [0.4, 0.5) is 0 Å². The SMILES string of the molecule is COc1cnc2c(C(=O)c3cc(OC)c(C)c(OC)c3)[nH]nc2n1. The van der Waals surface area contributed by atoms with Crippen molar-refractivity contribution < 1.29 is 19.0 Å². The first-order chi connectivity index (χ1) is 11.6. The number of carbonyl (C=O) groups is 1. The molecular formula is C16H16N4O4. The second-order valence-corrected chi connectivity index (χ2v) is 5.02. The minimum atomic E-state index is -0.284. The number of carbonyl (C=O) groups excluding carboxylic acids is 1. The van der Waals surface area contributed by atoms with Crippen LogP contribution in [0, 0.1) is 6.92 Å². The molecule has 2 heterocycles. The van der Waals surface area contributed by atoms with Crippen LogP contribution in [-0.4, -0.2) is 47.3 Å². The first-order valence-electron chi connectivity index (χ1n) is 7.11. The Bertz CT molecular complexity index is 895. The van der Waals surface area contributed by atoms with Crippen LogP contribution in [0.25, 0.3) is 11.2 Å². The van der Waals surface area contributed by atoms with E-state index in [1.54, 1.807) is 26.4 Å². The Hall–Kier alpha value is -3.16. The number of hydrogen-bond acceptors (Lipinski definition) is 7. The molecule has 24 heavy (non-hydrogen) atoms. The quantitative estimate of drug-likeness (QED) is 0.714. The topological polar surface area (TPSA) is 99.2 Å².